The maximum Gasteiger partial charge on any atom is 0.226 e. The number of aromatic nitrogens is 6. The zero-order valence-electron chi connectivity index (χ0n) is 19.7. The summed E-state index contributed by atoms with van der Waals surface area (Å²) in [4.78, 5) is 13.2. The molecule has 0 unspecified atom stereocenters. The number of piperazine rings is 1. The van der Waals surface area contributed by atoms with Crippen molar-refractivity contribution in [1.29, 1.82) is 0 Å². The smallest absolute Gasteiger partial charge is 0.226 e. The molecule has 1 fully saturated rings. The molecule has 0 amide bonds. The predicted molar refractivity (Wildman–Crippen MR) is 132 cm³/mol. The number of anilines is 2. The maximum atomic E-state index is 14.6. The van der Waals surface area contributed by atoms with E-state index in [2.05, 4.69) is 43.5 Å². The van der Waals surface area contributed by atoms with Crippen molar-refractivity contribution < 1.29 is 9.50 Å². The van der Waals surface area contributed by atoms with Crippen LogP contribution in [-0.4, -0.2) is 72.1 Å². The van der Waals surface area contributed by atoms with Gasteiger partial charge in [0.1, 0.15) is 11.6 Å². The van der Waals surface area contributed by atoms with Crippen molar-refractivity contribution in [2.75, 3.05) is 43.4 Å². The molecule has 0 spiro atoms. The SMILES string of the molecule is C=C(C)c1cc(N2CCN(CCn3ncc4c3nc(N)n3nc(C#CC)nc43)CC2)c(F)cc1O. The van der Waals surface area contributed by atoms with Gasteiger partial charge in [-0.2, -0.15) is 19.6 Å². The molecular weight excluding hydrogens is 449 g/mol. The molecule has 1 aromatic carbocycles. The Morgan fingerprint density at radius 3 is 2.66 bits per heavy atom. The van der Waals surface area contributed by atoms with Crippen LogP contribution in [0.3, 0.4) is 0 Å². The fourth-order valence-electron chi connectivity index (χ4n) is 4.37. The van der Waals surface area contributed by atoms with Gasteiger partial charge >= 0.3 is 0 Å². The molecule has 3 N–H and O–H groups in total. The molecule has 180 valence electrons. The summed E-state index contributed by atoms with van der Waals surface area (Å²) in [5.41, 5.74) is 9.09. The number of hydrogen-bond donors (Lipinski definition) is 2. The molecule has 0 atom stereocenters. The number of nitrogens with zero attached hydrogens (tertiary/aromatic N) is 8. The Balaban J connectivity index is 1.28. The quantitative estimate of drug-likeness (QED) is 0.422. The molecule has 4 aromatic rings. The number of hydrogen-bond acceptors (Lipinski definition) is 8. The largest absolute Gasteiger partial charge is 0.507 e. The van der Waals surface area contributed by atoms with Crippen molar-refractivity contribution in [3.8, 4) is 17.6 Å². The number of aromatic hydroxyl groups is 1. The van der Waals surface area contributed by atoms with Crippen LogP contribution in [0.1, 0.15) is 25.2 Å². The number of fused-ring (bicyclic) bond motifs is 3. The zero-order valence-corrected chi connectivity index (χ0v) is 19.7. The molecule has 5 rings (SSSR count). The molecule has 4 heterocycles. The molecule has 35 heavy (non-hydrogen) atoms. The predicted octanol–water partition coefficient (Wildman–Crippen LogP) is 2.13. The Bertz CT molecular complexity index is 1500. The van der Waals surface area contributed by atoms with Crippen LogP contribution in [-0.2, 0) is 6.54 Å². The van der Waals surface area contributed by atoms with Crippen LogP contribution in [0.15, 0.2) is 24.9 Å². The average Bonchev–Trinajstić information content (AvgIpc) is 3.43. The second kappa shape index (κ2) is 8.88. The van der Waals surface area contributed by atoms with Gasteiger partial charge in [-0.15, -0.1) is 5.10 Å². The molecule has 0 aliphatic carbocycles. The summed E-state index contributed by atoms with van der Waals surface area (Å²) in [5, 5.41) is 19.5. The van der Waals surface area contributed by atoms with Crippen molar-refractivity contribution in [1.82, 2.24) is 34.3 Å². The summed E-state index contributed by atoms with van der Waals surface area (Å²) in [6.07, 6.45) is 1.72. The monoisotopic (exact) mass is 475 g/mol. The van der Waals surface area contributed by atoms with E-state index in [-0.39, 0.29) is 11.7 Å². The van der Waals surface area contributed by atoms with Crippen LogP contribution in [0.2, 0.25) is 0 Å². The number of benzene rings is 1. The first-order valence-corrected chi connectivity index (χ1v) is 11.3. The normalized spacial score (nSPS) is 14.4. The van der Waals surface area contributed by atoms with E-state index in [1.165, 1.54) is 4.52 Å². The highest BCUT2D eigenvalue weighted by atomic mass is 19.1. The molecule has 3 aromatic heterocycles. The fraction of sp³-hybridized carbons (Fsp3) is 0.333. The lowest BCUT2D eigenvalue weighted by molar-refractivity contribution is 0.245. The van der Waals surface area contributed by atoms with Crippen LogP contribution in [0.25, 0.3) is 22.3 Å². The molecule has 0 saturated carbocycles. The number of allylic oxidation sites excluding steroid dienone is 1. The summed E-state index contributed by atoms with van der Waals surface area (Å²) < 4.78 is 17.9. The third-order valence-corrected chi connectivity index (χ3v) is 6.20. The second-order valence-electron chi connectivity index (χ2n) is 8.55. The highest BCUT2D eigenvalue weighted by molar-refractivity contribution is 5.89. The van der Waals surface area contributed by atoms with E-state index >= 15 is 0 Å². The van der Waals surface area contributed by atoms with Gasteiger partial charge in [-0.05, 0) is 31.4 Å². The van der Waals surface area contributed by atoms with Gasteiger partial charge < -0.3 is 15.7 Å². The van der Waals surface area contributed by atoms with Gasteiger partial charge in [-0.3, -0.25) is 4.90 Å². The average molecular weight is 476 g/mol. The number of halogens is 1. The van der Waals surface area contributed by atoms with Crippen LogP contribution in [0.5, 0.6) is 5.75 Å². The molecule has 11 heteroatoms. The van der Waals surface area contributed by atoms with E-state index in [0.29, 0.717) is 53.6 Å². The van der Waals surface area contributed by atoms with E-state index in [9.17, 15) is 9.50 Å². The molecule has 0 radical (unpaired) electrons. The van der Waals surface area contributed by atoms with Gasteiger partial charge in [0.05, 0.1) is 23.8 Å². The summed E-state index contributed by atoms with van der Waals surface area (Å²) in [5.74, 6) is 5.72. The van der Waals surface area contributed by atoms with Crippen molar-refractivity contribution in [3.63, 3.8) is 0 Å². The highest BCUT2D eigenvalue weighted by Gasteiger charge is 2.22. The Labute approximate surface area is 201 Å². The van der Waals surface area contributed by atoms with Crippen LogP contribution < -0.4 is 10.6 Å². The number of phenolic OH excluding ortho intramolecular Hbond substituents is 1. The molecule has 1 aliphatic heterocycles. The van der Waals surface area contributed by atoms with Crippen molar-refractivity contribution in [2.24, 2.45) is 0 Å². The zero-order chi connectivity index (χ0) is 24.7. The number of rotatable bonds is 5. The van der Waals surface area contributed by atoms with E-state index in [0.717, 1.165) is 31.1 Å². The molecule has 10 nitrogen and oxygen atoms in total. The van der Waals surface area contributed by atoms with Crippen molar-refractivity contribution >= 4 is 33.9 Å². The van der Waals surface area contributed by atoms with Gasteiger partial charge in [0.15, 0.2) is 11.3 Å². The third-order valence-electron chi connectivity index (χ3n) is 6.20. The summed E-state index contributed by atoms with van der Waals surface area (Å²) >= 11 is 0. The fourth-order valence-corrected chi connectivity index (χ4v) is 4.37. The minimum absolute atomic E-state index is 0.0870. The number of phenols is 1. The molecule has 0 bridgehead atoms. The van der Waals surface area contributed by atoms with Gasteiger partial charge in [0.2, 0.25) is 11.8 Å². The van der Waals surface area contributed by atoms with Crippen molar-refractivity contribution in [2.45, 2.75) is 20.4 Å². The van der Waals surface area contributed by atoms with E-state index in [1.807, 2.05) is 9.58 Å². The highest BCUT2D eigenvalue weighted by Crippen LogP contribution is 2.32. The number of nitrogens with two attached hydrogens (primary N) is 1. The minimum Gasteiger partial charge on any atom is -0.507 e. The Kier molecular flexibility index (Phi) is 5.74. The first-order chi connectivity index (χ1) is 16.9. The minimum atomic E-state index is -0.430. The topological polar surface area (TPSA) is 114 Å². The van der Waals surface area contributed by atoms with Gasteiger partial charge in [0.25, 0.3) is 0 Å². The lowest BCUT2D eigenvalue weighted by Gasteiger charge is -2.36. The van der Waals surface area contributed by atoms with E-state index in [1.54, 1.807) is 26.1 Å². The van der Waals surface area contributed by atoms with E-state index < -0.39 is 5.82 Å². The third kappa shape index (κ3) is 4.13. The van der Waals surface area contributed by atoms with Crippen LogP contribution in [0, 0.1) is 17.7 Å². The Morgan fingerprint density at radius 2 is 1.94 bits per heavy atom. The van der Waals surface area contributed by atoms with Gasteiger partial charge in [0, 0.05) is 44.4 Å². The second-order valence-corrected chi connectivity index (χ2v) is 8.55. The van der Waals surface area contributed by atoms with Crippen molar-refractivity contribution in [3.05, 3.63) is 42.1 Å². The molecule has 1 saturated heterocycles. The van der Waals surface area contributed by atoms with E-state index in [4.69, 9.17) is 5.73 Å². The summed E-state index contributed by atoms with van der Waals surface area (Å²) in [6, 6.07) is 2.84. The van der Waals surface area contributed by atoms with Gasteiger partial charge in [-0.1, -0.05) is 12.5 Å². The molecule has 1 aliphatic rings. The summed E-state index contributed by atoms with van der Waals surface area (Å²) in [7, 11) is 0. The summed E-state index contributed by atoms with van der Waals surface area (Å²) in [6.45, 7) is 11.6. The van der Waals surface area contributed by atoms with Gasteiger partial charge in [-0.25, -0.2) is 9.07 Å². The van der Waals surface area contributed by atoms with Crippen LogP contribution in [0.4, 0.5) is 16.0 Å². The molecular formula is C24H26FN9O. The van der Waals surface area contributed by atoms with Crippen LogP contribution >= 0.6 is 0 Å². The Morgan fingerprint density at radius 1 is 1.17 bits per heavy atom. The first kappa shape index (κ1) is 22.6. The lowest BCUT2D eigenvalue weighted by Crippen LogP contribution is -2.47. The number of nitrogen functional groups attached to an aromatic ring is 1. The first-order valence-electron chi connectivity index (χ1n) is 11.3. The maximum absolute atomic E-state index is 14.6. The Hall–Kier alpha value is -4.17. The standard InChI is InChI=1S/C24H26FN9O/c1-4-5-21-28-23-17-14-27-33(22(17)29-24(26)34(23)30-21)11-8-31-6-9-32(10-7-31)19-12-16(15(2)3)20(35)13-18(19)25/h12-14,35H,2,6-11H2,1,3H3,(H2,26,29). The lowest BCUT2D eigenvalue weighted by atomic mass is 10.1.